The molecule has 0 aliphatic carbocycles. The number of nitrogens with one attached hydrogen (secondary N) is 1. The number of aromatic nitrogens is 2. The Morgan fingerprint density at radius 1 is 1.11 bits per heavy atom. The standard InChI is InChI=1S/C21H23N3O3/c1-13-6-7-16(11-15(13)3)20-17(12-18(25)22-9-8-19(26)27)24-10-4-5-14(2)21(24)23-20/h4-7,10-11H,8-9,12H2,1-3H3,(H,22,25)(H,26,27). The third-order valence-electron chi connectivity index (χ3n) is 4.71. The third-order valence-corrected chi connectivity index (χ3v) is 4.71. The number of nitrogens with zero attached hydrogens (tertiary/aromatic N) is 2. The molecule has 0 spiro atoms. The summed E-state index contributed by atoms with van der Waals surface area (Å²) in [6, 6.07) is 10.1. The molecular weight excluding hydrogens is 342 g/mol. The Balaban J connectivity index is 2.01. The van der Waals surface area contributed by atoms with Gasteiger partial charge in [-0.1, -0.05) is 18.2 Å². The highest BCUT2D eigenvalue weighted by Crippen LogP contribution is 2.27. The maximum absolute atomic E-state index is 12.4. The Bertz CT molecular complexity index is 1020. The van der Waals surface area contributed by atoms with E-state index in [4.69, 9.17) is 10.1 Å². The van der Waals surface area contributed by atoms with Crippen LogP contribution in [0.3, 0.4) is 0 Å². The van der Waals surface area contributed by atoms with Crippen LogP contribution in [0.2, 0.25) is 0 Å². The predicted molar refractivity (Wildman–Crippen MR) is 104 cm³/mol. The Morgan fingerprint density at radius 2 is 1.89 bits per heavy atom. The highest BCUT2D eigenvalue weighted by molar-refractivity contribution is 5.82. The molecule has 6 heteroatoms. The van der Waals surface area contributed by atoms with Crippen LogP contribution in [0.25, 0.3) is 16.9 Å². The Hall–Kier alpha value is -3.15. The summed E-state index contributed by atoms with van der Waals surface area (Å²) in [6.07, 6.45) is 1.94. The average molecular weight is 365 g/mol. The van der Waals surface area contributed by atoms with Crippen molar-refractivity contribution in [2.75, 3.05) is 6.54 Å². The molecule has 2 aromatic heterocycles. The zero-order chi connectivity index (χ0) is 19.6. The lowest BCUT2D eigenvalue weighted by molar-refractivity contribution is -0.136. The van der Waals surface area contributed by atoms with E-state index in [-0.39, 0.29) is 25.3 Å². The second kappa shape index (κ2) is 7.61. The van der Waals surface area contributed by atoms with Crippen LogP contribution in [0.5, 0.6) is 0 Å². The maximum Gasteiger partial charge on any atom is 0.305 e. The van der Waals surface area contributed by atoms with Crippen LogP contribution in [0.1, 0.15) is 28.8 Å². The zero-order valence-corrected chi connectivity index (χ0v) is 15.7. The van der Waals surface area contributed by atoms with Gasteiger partial charge >= 0.3 is 5.97 Å². The molecule has 0 radical (unpaired) electrons. The second-order valence-corrected chi connectivity index (χ2v) is 6.76. The molecule has 0 saturated carbocycles. The first-order valence-corrected chi connectivity index (χ1v) is 8.89. The minimum absolute atomic E-state index is 0.0952. The van der Waals surface area contributed by atoms with Gasteiger partial charge in [-0.05, 0) is 49.6 Å². The molecule has 0 bridgehead atoms. The molecule has 0 unspecified atom stereocenters. The van der Waals surface area contributed by atoms with E-state index >= 15 is 0 Å². The number of hydrogen-bond acceptors (Lipinski definition) is 3. The molecule has 2 N–H and O–H groups in total. The topological polar surface area (TPSA) is 83.7 Å². The predicted octanol–water partition coefficient (Wildman–Crippen LogP) is 3.06. The average Bonchev–Trinajstić information content (AvgIpc) is 2.97. The van der Waals surface area contributed by atoms with E-state index in [2.05, 4.69) is 31.3 Å². The van der Waals surface area contributed by atoms with Gasteiger partial charge in [0.2, 0.25) is 5.91 Å². The normalized spacial score (nSPS) is 10.9. The van der Waals surface area contributed by atoms with Crippen LogP contribution in [0.4, 0.5) is 0 Å². The molecule has 140 valence electrons. The molecule has 3 aromatic rings. The monoisotopic (exact) mass is 365 g/mol. The summed E-state index contributed by atoms with van der Waals surface area (Å²) in [5.41, 5.74) is 6.75. The fourth-order valence-corrected chi connectivity index (χ4v) is 3.07. The van der Waals surface area contributed by atoms with Gasteiger partial charge in [0.15, 0.2) is 0 Å². The van der Waals surface area contributed by atoms with Crippen molar-refractivity contribution < 1.29 is 14.7 Å². The number of benzene rings is 1. The first-order chi connectivity index (χ1) is 12.9. The smallest absolute Gasteiger partial charge is 0.305 e. The van der Waals surface area contributed by atoms with Crippen LogP contribution in [0, 0.1) is 20.8 Å². The van der Waals surface area contributed by atoms with Crippen molar-refractivity contribution in [2.24, 2.45) is 0 Å². The third kappa shape index (κ3) is 4.00. The summed E-state index contributed by atoms with van der Waals surface area (Å²) in [5.74, 6) is -1.15. The number of carbonyl (C=O) groups is 2. The number of aryl methyl sites for hydroxylation is 3. The lowest BCUT2D eigenvalue weighted by Crippen LogP contribution is -2.28. The number of carbonyl (C=O) groups excluding carboxylic acids is 1. The van der Waals surface area contributed by atoms with Gasteiger partial charge in [0, 0.05) is 18.3 Å². The first-order valence-electron chi connectivity index (χ1n) is 8.89. The van der Waals surface area contributed by atoms with Crippen molar-refractivity contribution in [3.05, 3.63) is 58.9 Å². The van der Waals surface area contributed by atoms with Gasteiger partial charge in [-0.15, -0.1) is 0 Å². The number of pyridine rings is 1. The molecule has 0 aliphatic heterocycles. The number of imidazole rings is 1. The van der Waals surface area contributed by atoms with Crippen molar-refractivity contribution in [1.82, 2.24) is 14.7 Å². The van der Waals surface area contributed by atoms with Gasteiger partial charge in [-0.2, -0.15) is 0 Å². The minimum Gasteiger partial charge on any atom is -0.481 e. The first kappa shape index (κ1) is 18.6. The number of hydrogen-bond donors (Lipinski definition) is 2. The molecule has 3 rings (SSSR count). The van der Waals surface area contributed by atoms with Crippen molar-refractivity contribution >= 4 is 17.5 Å². The molecule has 1 amide bonds. The lowest BCUT2D eigenvalue weighted by Gasteiger charge is -2.08. The molecule has 27 heavy (non-hydrogen) atoms. The van der Waals surface area contributed by atoms with Crippen LogP contribution < -0.4 is 5.32 Å². The van der Waals surface area contributed by atoms with E-state index in [0.29, 0.717) is 0 Å². The summed E-state index contributed by atoms with van der Waals surface area (Å²) in [4.78, 5) is 27.8. The highest BCUT2D eigenvalue weighted by Gasteiger charge is 2.18. The van der Waals surface area contributed by atoms with Crippen LogP contribution in [-0.2, 0) is 16.0 Å². The van der Waals surface area contributed by atoms with E-state index in [1.54, 1.807) is 0 Å². The van der Waals surface area contributed by atoms with Gasteiger partial charge in [0.25, 0.3) is 0 Å². The second-order valence-electron chi connectivity index (χ2n) is 6.76. The van der Waals surface area contributed by atoms with Crippen molar-refractivity contribution in [1.29, 1.82) is 0 Å². The zero-order valence-electron chi connectivity index (χ0n) is 15.7. The molecule has 0 fully saturated rings. The number of aliphatic carboxylic acids is 1. The van der Waals surface area contributed by atoms with Gasteiger partial charge in [0.1, 0.15) is 5.65 Å². The van der Waals surface area contributed by atoms with Crippen molar-refractivity contribution in [2.45, 2.75) is 33.6 Å². The van der Waals surface area contributed by atoms with E-state index in [1.165, 1.54) is 5.56 Å². The lowest BCUT2D eigenvalue weighted by atomic mass is 10.0. The fourth-order valence-electron chi connectivity index (χ4n) is 3.07. The maximum atomic E-state index is 12.4. The Kier molecular flexibility index (Phi) is 5.26. The molecule has 0 aliphatic rings. The molecule has 2 heterocycles. The van der Waals surface area contributed by atoms with E-state index < -0.39 is 5.97 Å². The minimum atomic E-state index is -0.934. The summed E-state index contributed by atoms with van der Waals surface area (Å²) in [5, 5.41) is 11.4. The van der Waals surface area contributed by atoms with Gasteiger partial charge < -0.3 is 14.8 Å². The van der Waals surface area contributed by atoms with Gasteiger partial charge in [0.05, 0.1) is 24.2 Å². The number of fused-ring (bicyclic) bond motifs is 1. The molecular formula is C21H23N3O3. The number of amides is 1. The quantitative estimate of drug-likeness (QED) is 0.703. The Morgan fingerprint density at radius 3 is 2.59 bits per heavy atom. The fraction of sp³-hybridized carbons (Fsp3) is 0.286. The Labute approximate surface area is 157 Å². The summed E-state index contributed by atoms with van der Waals surface area (Å²) >= 11 is 0. The summed E-state index contributed by atoms with van der Waals surface area (Å²) < 4.78 is 1.94. The van der Waals surface area contributed by atoms with E-state index in [0.717, 1.165) is 33.7 Å². The summed E-state index contributed by atoms with van der Waals surface area (Å²) in [7, 11) is 0. The van der Waals surface area contributed by atoms with E-state index in [1.807, 2.05) is 35.7 Å². The number of carboxylic acid groups (broad SMARTS) is 1. The number of carboxylic acids is 1. The summed E-state index contributed by atoms with van der Waals surface area (Å²) in [6.45, 7) is 6.22. The van der Waals surface area contributed by atoms with Crippen LogP contribution >= 0.6 is 0 Å². The largest absolute Gasteiger partial charge is 0.481 e. The van der Waals surface area contributed by atoms with Gasteiger partial charge in [-0.25, -0.2) is 4.98 Å². The van der Waals surface area contributed by atoms with Crippen LogP contribution in [0.15, 0.2) is 36.5 Å². The van der Waals surface area contributed by atoms with E-state index in [9.17, 15) is 9.59 Å². The molecule has 6 nitrogen and oxygen atoms in total. The highest BCUT2D eigenvalue weighted by atomic mass is 16.4. The SMILES string of the molecule is Cc1ccc(-c2nc3c(C)cccn3c2CC(=O)NCCC(=O)O)cc1C. The van der Waals surface area contributed by atoms with Crippen LogP contribution in [-0.4, -0.2) is 32.9 Å². The van der Waals surface area contributed by atoms with Crippen molar-refractivity contribution in [3.8, 4) is 11.3 Å². The molecule has 1 aromatic carbocycles. The molecule has 0 saturated heterocycles. The van der Waals surface area contributed by atoms with Crippen molar-refractivity contribution in [3.63, 3.8) is 0 Å². The number of rotatable bonds is 6. The molecule has 0 atom stereocenters. The van der Waals surface area contributed by atoms with Gasteiger partial charge in [-0.3, -0.25) is 9.59 Å².